The molecule has 2 heteroatoms. The first-order valence-corrected chi connectivity index (χ1v) is 8.91. The Labute approximate surface area is 153 Å². The van der Waals surface area contributed by atoms with Crippen molar-refractivity contribution in [1.29, 1.82) is 0 Å². The molecule has 136 valence electrons. The van der Waals surface area contributed by atoms with Gasteiger partial charge in [-0.3, -0.25) is 0 Å². The number of hydrogen-bond acceptors (Lipinski definition) is 1. The molecule has 2 rings (SSSR count). The predicted octanol–water partition coefficient (Wildman–Crippen LogP) is 5.85. The maximum Gasteiger partial charge on any atom is 0.0431 e. The van der Waals surface area contributed by atoms with Crippen LogP contribution in [0, 0.1) is 0 Å². The summed E-state index contributed by atoms with van der Waals surface area (Å²) in [6.07, 6.45) is 13.0. The second kappa shape index (κ2) is 17.5. The van der Waals surface area contributed by atoms with E-state index in [2.05, 4.69) is 24.3 Å². The predicted molar refractivity (Wildman–Crippen MR) is 96.4 cm³/mol. The van der Waals surface area contributed by atoms with E-state index >= 15 is 0 Å². The Balaban J connectivity index is 0.000000684. The van der Waals surface area contributed by atoms with Gasteiger partial charge in [0.15, 0.2) is 0 Å². The van der Waals surface area contributed by atoms with E-state index in [0.29, 0.717) is 6.61 Å². The molecule has 0 fully saturated rings. The maximum absolute atomic E-state index is 8.64. The molecule has 0 amide bonds. The first-order valence-electron chi connectivity index (χ1n) is 8.91. The quantitative estimate of drug-likeness (QED) is 0.304. The van der Waals surface area contributed by atoms with Crippen molar-refractivity contribution in [3.63, 3.8) is 0 Å². The zero-order valence-corrected chi connectivity index (χ0v) is 15.4. The number of aliphatic hydroxyl groups is 1. The molecule has 0 heterocycles. The minimum atomic E-state index is 0. The summed E-state index contributed by atoms with van der Waals surface area (Å²) in [5, 5.41) is 8.64. The van der Waals surface area contributed by atoms with Crippen molar-refractivity contribution in [2.75, 3.05) is 6.61 Å². The maximum atomic E-state index is 8.64. The van der Waals surface area contributed by atoms with Crippen LogP contribution in [0.25, 0.3) is 0 Å². The first kappa shape index (κ1) is 22.2. The summed E-state index contributed by atoms with van der Waals surface area (Å²) in [5.41, 5.74) is 1.49. The molecule has 23 heavy (non-hydrogen) atoms. The smallest absolute Gasteiger partial charge is 0.0431 e. The number of hydrogen-bond donors (Lipinski definition) is 1. The van der Waals surface area contributed by atoms with Crippen LogP contribution in [-0.2, 0) is 23.5 Å². The molecule has 1 N–H and O–H groups in total. The van der Waals surface area contributed by atoms with Crippen molar-refractivity contribution in [3.8, 4) is 0 Å². The van der Waals surface area contributed by atoms with Gasteiger partial charge in [0.05, 0.1) is 0 Å². The molecule has 0 atom stereocenters. The molecular formula is C21H32FeO-6. The number of unbranched alkanes of at least 4 members (excludes halogenated alkanes) is 8. The van der Waals surface area contributed by atoms with E-state index in [-0.39, 0.29) is 17.1 Å². The van der Waals surface area contributed by atoms with Crippen LogP contribution < -0.4 is 0 Å². The molecule has 0 aliphatic heterocycles. The van der Waals surface area contributed by atoms with Gasteiger partial charge < -0.3 is 35.4 Å². The molecule has 0 saturated carbocycles. The zero-order valence-electron chi connectivity index (χ0n) is 14.3. The Morgan fingerprint density at radius 3 is 1.43 bits per heavy atom. The Morgan fingerprint density at radius 1 is 0.609 bits per heavy atom. The molecule has 2 aromatic carbocycles. The molecule has 0 aromatic heterocycles. The molecule has 0 radical (unpaired) electrons. The zero-order chi connectivity index (χ0) is 15.7. The fourth-order valence-electron chi connectivity index (χ4n) is 2.58. The molecule has 0 bridgehead atoms. The van der Waals surface area contributed by atoms with Gasteiger partial charge in [0.2, 0.25) is 0 Å². The third kappa shape index (κ3) is 14.5. The number of rotatable bonds is 11. The Bertz CT molecular complexity index is 374. The molecule has 0 saturated heterocycles. The Hall–Kier alpha value is -0.821. The fraction of sp³-hybridized carbons (Fsp3) is 0.524. The van der Waals surface area contributed by atoms with Gasteiger partial charge in [-0.25, -0.2) is 12.1 Å². The minimum Gasteiger partial charge on any atom is -0.748 e. The van der Waals surface area contributed by atoms with E-state index in [0.717, 1.165) is 6.42 Å². The molecule has 0 unspecified atom stereocenters. The van der Waals surface area contributed by atoms with E-state index in [1.54, 1.807) is 0 Å². The largest absolute Gasteiger partial charge is 0.748 e. The monoisotopic (exact) mass is 356 g/mol. The molecule has 2 aromatic rings. The summed E-state index contributed by atoms with van der Waals surface area (Å²) in [6.45, 7) is 0.363. The van der Waals surface area contributed by atoms with Crippen LogP contribution in [0.4, 0.5) is 0 Å². The van der Waals surface area contributed by atoms with Crippen LogP contribution in [0.2, 0.25) is 0 Å². The average molecular weight is 356 g/mol. The van der Waals surface area contributed by atoms with E-state index in [9.17, 15) is 0 Å². The average Bonchev–Trinajstić information content (AvgIpc) is 3.25. The van der Waals surface area contributed by atoms with Crippen molar-refractivity contribution in [3.05, 3.63) is 60.2 Å². The summed E-state index contributed by atoms with van der Waals surface area (Å²) in [5.74, 6) is 0. The normalized spacial score (nSPS) is 9.78. The van der Waals surface area contributed by atoms with Crippen molar-refractivity contribution >= 4 is 0 Å². The topological polar surface area (TPSA) is 20.2 Å². The molecule has 0 aliphatic rings. The summed E-state index contributed by atoms with van der Waals surface area (Å²) in [6, 6.07) is 18.7. The SMILES string of the molecule is OCCCCCCCCCCC[c-]1cccc1.[Fe].[cH-]1[cH-][cH-][cH-][cH-]1. The van der Waals surface area contributed by atoms with Gasteiger partial charge in [-0.1, -0.05) is 57.8 Å². The summed E-state index contributed by atoms with van der Waals surface area (Å²) < 4.78 is 0. The van der Waals surface area contributed by atoms with E-state index in [1.165, 1.54) is 63.4 Å². The van der Waals surface area contributed by atoms with Crippen LogP contribution in [0.15, 0.2) is 54.6 Å². The van der Waals surface area contributed by atoms with Gasteiger partial charge in [-0.05, 0) is 6.42 Å². The van der Waals surface area contributed by atoms with Gasteiger partial charge in [0.1, 0.15) is 0 Å². The third-order valence-electron chi connectivity index (χ3n) is 3.91. The van der Waals surface area contributed by atoms with Crippen LogP contribution in [-0.4, -0.2) is 11.7 Å². The van der Waals surface area contributed by atoms with Gasteiger partial charge in [-0.15, -0.1) is 0 Å². The number of aryl methyl sites for hydroxylation is 1. The fourth-order valence-corrected chi connectivity index (χ4v) is 2.58. The standard InChI is InChI=1S/C16H27O.C5H5.Fe/c17-15-11-7-5-3-1-2-4-6-8-12-16-13-9-10-14-16;1-2-4-5-3-1;/h9-10,13-14,17H,1-8,11-12,15H2;1-5H;/q-1;-5;. The Morgan fingerprint density at radius 2 is 1.00 bits per heavy atom. The second-order valence-electron chi connectivity index (χ2n) is 5.91. The first-order chi connectivity index (χ1) is 10.9. The van der Waals surface area contributed by atoms with Crippen LogP contribution in [0.1, 0.15) is 63.4 Å². The van der Waals surface area contributed by atoms with Crippen molar-refractivity contribution in [1.82, 2.24) is 0 Å². The van der Waals surface area contributed by atoms with Gasteiger partial charge in [-0.2, -0.15) is 17.7 Å². The third-order valence-corrected chi connectivity index (χ3v) is 3.91. The van der Waals surface area contributed by atoms with Crippen LogP contribution in [0.3, 0.4) is 0 Å². The van der Waals surface area contributed by atoms with Crippen molar-refractivity contribution < 1.29 is 22.2 Å². The van der Waals surface area contributed by atoms with Gasteiger partial charge in [0, 0.05) is 23.7 Å². The molecular weight excluding hydrogens is 324 g/mol. The van der Waals surface area contributed by atoms with E-state index in [1.807, 2.05) is 30.3 Å². The van der Waals surface area contributed by atoms with Crippen LogP contribution >= 0.6 is 0 Å². The van der Waals surface area contributed by atoms with Gasteiger partial charge in [0.25, 0.3) is 0 Å². The van der Waals surface area contributed by atoms with E-state index < -0.39 is 0 Å². The van der Waals surface area contributed by atoms with Gasteiger partial charge >= 0.3 is 0 Å². The summed E-state index contributed by atoms with van der Waals surface area (Å²) >= 11 is 0. The molecule has 1 nitrogen and oxygen atoms in total. The minimum absolute atomic E-state index is 0. The molecule has 0 aliphatic carbocycles. The molecule has 0 spiro atoms. The summed E-state index contributed by atoms with van der Waals surface area (Å²) in [4.78, 5) is 0. The number of aliphatic hydroxyl groups excluding tert-OH is 1. The summed E-state index contributed by atoms with van der Waals surface area (Å²) in [7, 11) is 0. The van der Waals surface area contributed by atoms with Crippen molar-refractivity contribution in [2.24, 2.45) is 0 Å². The van der Waals surface area contributed by atoms with Crippen molar-refractivity contribution in [2.45, 2.75) is 64.2 Å². The second-order valence-corrected chi connectivity index (χ2v) is 5.91. The van der Waals surface area contributed by atoms with Crippen LogP contribution in [0.5, 0.6) is 0 Å². The van der Waals surface area contributed by atoms with E-state index in [4.69, 9.17) is 5.11 Å². The Kier molecular flexibility index (Phi) is 16.9.